The summed E-state index contributed by atoms with van der Waals surface area (Å²) in [5.41, 5.74) is 10.5. The van der Waals surface area contributed by atoms with Gasteiger partial charge in [-0.2, -0.15) is 0 Å². The number of aromatic nitrogens is 2. The van der Waals surface area contributed by atoms with Crippen molar-refractivity contribution < 1.29 is 24.5 Å². The molecule has 1 radical (unpaired) electrons. The molecule has 233 valence electrons. The number of pyridine rings is 2. The summed E-state index contributed by atoms with van der Waals surface area (Å²) < 4.78 is 6.36. The summed E-state index contributed by atoms with van der Waals surface area (Å²) in [6.07, 6.45) is 3.97. The van der Waals surface area contributed by atoms with Gasteiger partial charge in [-0.15, -0.1) is 54.1 Å². The van der Waals surface area contributed by atoms with Gasteiger partial charge in [-0.25, -0.2) is 0 Å². The number of rotatable bonds is 5. The topological polar surface area (TPSA) is 38.9 Å². The Labute approximate surface area is 287 Å². The maximum atomic E-state index is 6.36. The Kier molecular flexibility index (Phi) is 10.2. The molecule has 7 aromatic rings. The molecule has 7 rings (SSSR count). The molecule has 0 N–H and O–H groups in total. The summed E-state index contributed by atoms with van der Waals surface area (Å²) in [4.78, 5) is 9.20. The molecule has 0 bridgehead atoms. The fraction of sp³-hybridized carbons (Fsp3) is 0.171. The maximum Gasteiger partial charge on any atom is 0.121 e. The zero-order valence-corrected chi connectivity index (χ0v) is 30.6. The fourth-order valence-electron chi connectivity index (χ4n) is 5.59. The van der Waals surface area contributed by atoms with Crippen molar-refractivity contribution in [2.24, 2.45) is 0 Å². The van der Waals surface area contributed by atoms with E-state index >= 15 is 0 Å². The summed E-state index contributed by atoms with van der Waals surface area (Å²) >= 11 is 0. The summed E-state index contributed by atoms with van der Waals surface area (Å²) in [5.74, 6) is 0.444. The van der Waals surface area contributed by atoms with Gasteiger partial charge in [0, 0.05) is 37.9 Å². The van der Waals surface area contributed by atoms with Crippen molar-refractivity contribution in [1.29, 1.82) is 0 Å². The molecular weight excluding hydrogens is 757 g/mol. The number of fused-ring (bicyclic) bond motifs is 3. The molecule has 0 amide bonds. The summed E-state index contributed by atoms with van der Waals surface area (Å²) in [6, 6.07) is 41.8. The van der Waals surface area contributed by atoms with Gasteiger partial charge < -0.3 is 14.4 Å². The minimum absolute atomic E-state index is 0. The molecular formula is C41H38IrN2OSi-2. The van der Waals surface area contributed by atoms with Crippen LogP contribution in [0.4, 0.5) is 0 Å². The van der Waals surface area contributed by atoms with E-state index < -0.39 is 8.07 Å². The zero-order chi connectivity index (χ0) is 31.6. The summed E-state index contributed by atoms with van der Waals surface area (Å²) in [7, 11) is -1.23. The minimum Gasteiger partial charge on any atom is -0.501 e. The molecule has 0 spiro atoms. The Balaban J connectivity index is 0.000000209. The Morgan fingerprint density at radius 3 is 2.13 bits per heavy atom. The third-order valence-corrected chi connectivity index (χ3v) is 10.2. The van der Waals surface area contributed by atoms with Gasteiger partial charge >= 0.3 is 0 Å². The predicted octanol–water partition coefficient (Wildman–Crippen LogP) is 10.6. The van der Waals surface area contributed by atoms with Crippen LogP contribution in [0.15, 0.2) is 120 Å². The van der Waals surface area contributed by atoms with Gasteiger partial charge in [0.15, 0.2) is 0 Å². The Morgan fingerprint density at radius 1 is 0.696 bits per heavy atom. The molecule has 0 aliphatic carbocycles. The predicted molar refractivity (Wildman–Crippen MR) is 192 cm³/mol. The van der Waals surface area contributed by atoms with Gasteiger partial charge in [0.05, 0.1) is 13.7 Å². The van der Waals surface area contributed by atoms with Crippen LogP contribution in [0.25, 0.3) is 55.6 Å². The van der Waals surface area contributed by atoms with Gasteiger partial charge in [0.25, 0.3) is 0 Å². The minimum atomic E-state index is -1.23. The van der Waals surface area contributed by atoms with Crippen LogP contribution in [0.3, 0.4) is 0 Å². The smallest absolute Gasteiger partial charge is 0.121 e. The molecule has 3 nitrogen and oxygen atoms in total. The molecule has 3 heterocycles. The van der Waals surface area contributed by atoms with Gasteiger partial charge in [0.2, 0.25) is 0 Å². The third kappa shape index (κ3) is 7.13. The van der Waals surface area contributed by atoms with Crippen LogP contribution in [-0.2, 0) is 20.1 Å². The van der Waals surface area contributed by atoms with Crippen molar-refractivity contribution in [1.82, 2.24) is 9.97 Å². The number of nitrogens with zero attached hydrogens (tertiary/aromatic N) is 2. The Morgan fingerprint density at radius 2 is 1.46 bits per heavy atom. The first kappa shape index (κ1) is 33.2. The van der Waals surface area contributed by atoms with E-state index in [4.69, 9.17) is 4.42 Å². The van der Waals surface area contributed by atoms with E-state index in [1.165, 1.54) is 21.9 Å². The van der Waals surface area contributed by atoms with E-state index in [1.54, 1.807) is 0 Å². The molecule has 46 heavy (non-hydrogen) atoms. The van der Waals surface area contributed by atoms with Crippen LogP contribution in [-0.4, -0.2) is 18.0 Å². The molecule has 4 aromatic carbocycles. The van der Waals surface area contributed by atoms with E-state index in [9.17, 15) is 0 Å². The van der Waals surface area contributed by atoms with E-state index in [0.717, 1.165) is 50.0 Å². The van der Waals surface area contributed by atoms with Crippen LogP contribution in [0.2, 0.25) is 19.6 Å². The Bertz CT molecular complexity index is 2060. The van der Waals surface area contributed by atoms with Crippen LogP contribution < -0.4 is 5.19 Å². The van der Waals surface area contributed by atoms with E-state index in [1.807, 2.05) is 48.8 Å². The van der Waals surface area contributed by atoms with Crippen molar-refractivity contribution in [3.8, 4) is 33.6 Å². The van der Waals surface area contributed by atoms with E-state index in [-0.39, 0.29) is 20.1 Å². The van der Waals surface area contributed by atoms with Crippen LogP contribution in [0.1, 0.15) is 30.9 Å². The van der Waals surface area contributed by atoms with Gasteiger partial charge in [-0.3, -0.25) is 0 Å². The zero-order valence-electron chi connectivity index (χ0n) is 27.2. The number of aryl methyl sites for hydroxylation is 1. The Hall–Kier alpha value is -4.15. The fourth-order valence-corrected chi connectivity index (χ4v) is 6.62. The number of furan rings is 1. The quantitative estimate of drug-likeness (QED) is 0.129. The molecule has 0 unspecified atom stereocenters. The molecule has 0 saturated heterocycles. The van der Waals surface area contributed by atoms with Crippen LogP contribution >= 0.6 is 0 Å². The first-order valence-corrected chi connectivity index (χ1v) is 19.0. The molecule has 0 aliphatic rings. The van der Waals surface area contributed by atoms with Crippen molar-refractivity contribution in [3.05, 3.63) is 139 Å². The van der Waals surface area contributed by atoms with Crippen molar-refractivity contribution in [3.63, 3.8) is 0 Å². The summed E-state index contributed by atoms with van der Waals surface area (Å²) in [6.45, 7) is 13.5. The third-order valence-electron chi connectivity index (χ3n) is 8.18. The summed E-state index contributed by atoms with van der Waals surface area (Å²) in [5, 5.41) is 3.61. The average Bonchev–Trinajstić information content (AvgIpc) is 3.44. The van der Waals surface area contributed by atoms with Crippen molar-refractivity contribution in [2.75, 3.05) is 0 Å². The number of hydrogen-bond acceptors (Lipinski definition) is 3. The first-order chi connectivity index (χ1) is 21.7. The van der Waals surface area contributed by atoms with Crippen molar-refractivity contribution in [2.45, 2.75) is 46.3 Å². The molecule has 0 atom stereocenters. The van der Waals surface area contributed by atoms with Crippen molar-refractivity contribution >= 4 is 35.2 Å². The maximum absolute atomic E-state index is 6.36. The second kappa shape index (κ2) is 14.1. The largest absolute Gasteiger partial charge is 0.501 e. The number of benzene rings is 4. The second-order valence-electron chi connectivity index (χ2n) is 12.8. The van der Waals surface area contributed by atoms with E-state index in [0.29, 0.717) is 5.92 Å². The SMILES string of the molecule is C[Si](C)(C)c1ccc(-c2[c-]cccc2)nc1.Cc1cnc(-c2[c-]ccc3c2oc2cc(-c4ccccc4)ccc23)cc1C(C)C.[Ir]. The monoisotopic (exact) mass is 795 g/mol. The van der Waals surface area contributed by atoms with Crippen LogP contribution in [0.5, 0.6) is 0 Å². The average molecular weight is 795 g/mol. The second-order valence-corrected chi connectivity index (χ2v) is 17.9. The molecule has 5 heteroatoms. The molecule has 0 aliphatic heterocycles. The molecule has 0 saturated carbocycles. The molecule has 3 aromatic heterocycles. The van der Waals surface area contributed by atoms with Gasteiger partial charge in [-0.1, -0.05) is 105 Å². The van der Waals surface area contributed by atoms with E-state index in [2.05, 4.69) is 129 Å². The normalized spacial score (nSPS) is 11.3. The molecule has 0 fully saturated rings. The first-order valence-electron chi connectivity index (χ1n) is 15.5. The van der Waals surface area contributed by atoms with Gasteiger partial charge in [0.1, 0.15) is 5.58 Å². The van der Waals surface area contributed by atoms with Crippen LogP contribution in [0, 0.1) is 19.1 Å². The van der Waals surface area contributed by atoms with Gasteiger partial charge in [-0.05, 0) is 57.7 Å². The standard InChI is InChI=1S/C27H22NO.C14H16NSi.Ir/c1-17(2)24-15-25(28-16-18(24)3)23-11-7-10-22-21-13-12-20(14-26(21)29-27(22)23)19-8-5-4-6-9-19;1-16(2,3)13-9-10-14(15-11-13)12-7-5-4-6-8-12;/h4-10,12-17H,1-3H3;4-7,9-11H,1-3H3;/q2*-1;. The number of hydrogen-bond donors (Lipinski definition) is 0.